The smallest absolute Gasteiger partial charge is 0.276 e. The monoisotopic (exact) mass is 405 g/mol. The number of hydrogen-bond donors (Lipinski definition) is 2. The lowest BCUT2D eigenvalue weighted by Gasteiger charge is -2.17. The Hall–Kier alpha value is -2.77. The zero-order chi connectivity index (χ0) is 20.4. The molecule has 2 rings (SSSR count). The molecule has 2 amide bonds. The second-order valence-electron chi connectivity index (χ2n) is 6.09. The van der Waals surface area contributed by atoms with Crippen molar-refractivity contribution in [1.82, 2.24) is 15.8 Å². The molecule has 28 heavy (non-hydrogen) atoms. The highest BCUT2D eigenvalue weighted by Gasteiger charge is 2.09. The Labute approximate surface area is 169 Å². The SMILES string of the molecule is CCOc1ccc(CN(C)CC(=O)NNC(=O)COc2ccc(Cl)cc2)cc1. The fourth-order valence-corrected chi connectivity index (χ4v) is 2.49. The van der Waals surface area contributed by atoms with Crippen molar-refractivity contribution in [3.63, 3.8) is 0 Å². The van der Waals surface area contributed by atoms with E-state index in [9.17, 15) is 9.59 Å². The van der Waals surface area contributed by atoms with Gasteiger partial charge in [0.1, 0.15) is 11.5 Å². The lowest BCUT2D eigenvalue weighted by molar-refractivity contribution is -0.130. The minimum Gasteiger partial charge on any atom is -0.494 e. The molecule has 2 aromatic carbocycles. The summed E-state index contributed by atoms with van der Waals surface area (Å²) in [6, 6.07) is 14.3. The van der Waals surface area contributed by atoms with Crippen molar-refractivity contribution < 1.29 is 19.1 Å². The number of nitrogens with zero attached hydrogens (tertiary/aromatic N) is 1. The number of halogens is 1. The summed E-state index contributed by atoms with van der Waals surface area (Å²) < 4.78 is 10.7. The van der Waals surface area contributed by atoms with Crippen LogP contribution in [0.1, 0.15) is 12.5 Å². The van der Waals surface area contributed by atoms with Crippen LogP contribution in [0, 0.1) is 0 Å². The van der Waals surface area contributed by atoms with Gasteiger partial charge < -0.3 is 9.47 Å². The minimum absolute atomic E-state index is 0.130. The molecule has 7 nitrogen and oxygen atoms in total. The number of amides is 2. The first-order chi connectivity index (χ1) is 13.5. The van der Waals surface area contributed by atoms with E-state index in [4.69, 9.17) is 21.1 Å². The van der Waals surface area contributed by atoms with Crippen molar-refractivity contribution in [3.8, 4) is 11.5 Å². The standard InChI is InChI=1S/C20H24ClN3O4/c1-3-27-17-8-4-15(5-9-17)12-24(2)13-19(25)22-23-20(26)14-28-18-10-6-16(21)7-11-18/h4-11H,3,12-14H2,1-2H3,(H,22,25)(H,23,26). The van der Waals surface area contributed by atoms with E-state index < -0.39 is 5.91 Å². The third kappa shape index (κ3) is 7.85. The molecule has 0 atom stereocenters. The van der Waals surface area contributed by atoms with E-state index in [1.807, 2.05) is 43.1 Å². The van der Waals surface area contributed by atoms with Crippen LogP contribution < -0.4 is 20.3 Å². The van der Waals surface area contributed by atoms with Gasteiger partial charge in [-0.2, -0.15) is 0 Å². The molecule has 0 aliphatic rings. The quantitative estimate of drug-likeness (QED) is 0.626. The predicted molar refractivity (Wildman–Crippen MR) is 107 cm³/mol. The first kappa shape index (κ1) is 21.5. The highest BCUT2D eigenvalue weighted by molar-refractivity contribution is 6.30. The number of rotatable bonds is 9. The number of hydrogen-bond acceptors (Lipinski definition) is 5. The third-order valence-corrected chi connectivity index (χ3v) is 3.88. The van der Waals surface area contributed by atoms with Crippen molar-refractivity contribution in [2.24, 2.45) is 0 Å². The number of benzene rings is 2. The Morgan fingerprint density at radius 2 is 1.50 bits per heavy atom. The summed E-state index contributed by atoms with van der Waals surface area (Å²) in [7, 11) is 1.82. The maximum Gasteiger partial charge on any atom is 0.276 e. The van der Waals surface area contributed by atoms with Crippen LogP contribution in [-0.4, -0.2) is 43.5 Å². The average molecular weight is 406 g/mol. The molecule has 0 aliphatic carbocycles. The van der Waals surface area contributed by atoms with Gasteiger partial charge in [0, 0.05) is 11.6 Å². The number of hydrazine groups is 1. The number of carbonyl (C=O) groups excluding carboxylic acids is 2. The molecule has 0 saturated heterocycles. The van der Waals surface area contributed by atoms with Gasteiger partial charge in [-0.3, -0.25) is 25.3 Å². The molecule has 0 unspecified atom stereocenters. The van der Waals surface area contributed by atoms with Gasteiger partial charge in [-0.15, -0.1) is 0 Å². The molecule has 2 aromatic rings. The van der Waals surface area contributed by atoms with E-state index in [1.54, 1.807) is 24.3 Å². The number of ether oxygens (including phenoxy) is 2. The van der Waals surface area contributed by atoms with Crippen LogP contribution in [-0.2, 0) is 16.1 Å². The number of nitrogens with one attached hydrogen (secondary N) is 2. The second-order valence-corrected chi connectivity index (χ2v) is 6.52. The molecule has 0 spiro atoms. The van der Waals surface area contributed by atoms with Gasteiger partial charge >= 0.3 is 0 Å². The normalized spacial score (nSPS) is 10.4. The fourth-order valence-electron chi connectivity index (χ4n) is 2.37. The molecule has 2 N–H and O–H groups in total. The Balaban J connectivity index is 1.66. The van der Waals surface area contributed by atoms with Crippen LogP contribution >= 0.6 is 11.6 Å². The van der Waals surface area contributed by atoms with Crippen LogP contribution in [0.4, 0.5) is 0 Å². The maximum atomic E-state index is 12.0. The molecule has 0 aliphatic heterocycles. The highest BCUT2D eigenvalue weighted by atomic mass is 35.5. The van der Waals surface area contributed by atoms with Crippen LogP contribution in [0.15, 0.2) is 48.5 Å². The van der Waals surface area contributed by atoms with Gasteiger partial charge in [-0.05, 0) is 55.9 Å². The zero-order valence-corrected chi connectivity index (χ0v) is 16.7. The van der Waals surface area contributed by atoms with Gasteiger partial charge in [0.15, 0.2) is 6.61 Å². The van der Waals surface area contributed by atoms with E-state index >= 15 is 0 Å². The maximum absolute atomic E-state index is 12.0. The van der Waals surface area contributed by atoms with E-state index in [0.717, 1.165) is 11.3 Å². The van der Waals surface area contributed by atoms with E-state index in [2.05, 4.69) is 10.9 Å². The van der Waals surface area contributed by atoms with Crippen LogP contribution in [0.25, 0.3) is 0 Å². The Kier molecular flexibility index (Phi) is 8.58. The highest BCUT2D eigenvalue weighted by Crippen LogP contribution is 2.15. The molecular weight excluding hydrogens is 382 g/mol. The Morgan fingerprint density at radius 1 is 0.929 bits per heavy atom. The topological polar surface area (TPSA) is 79.9 Å². The molecular formula is C20H24ClN3O4. The zero-order valence-electron chi connectivity index (χ0n) is 15.9. The number of likely N-dealkylation sites (N-methyl/N-ethyl adjacent to an activating group) is 1. The molecule has 0 fully saturated rings. The fraction of sp³-hybridized carbons (Fsp3) is 0.300. The Bertz CT molecular complexity index is 766. The van der Waals surface area contributed by atoms with Crippen molar-refractivity contribution in [2.45, 2.75) is 13.5 Å². The van der Waals surface area contributed by atoms with Gasteiger partial charge in [-0.1, -0.05) is 23.7 Å². The largest absolute Gasteiger partial charge is 0.494 e. The van der Waals surface area contributed by atoms with Gasteiger partial charge in [0.05, 0.1) is 13.2 Å². The number of carbonyl (C=O) groups is 2. The lowest BCUT2D eigenvalue weighted by atomic mass is 10.2. The summed E-state index contributed by atoms with van der Waals surface area (Å²) in [6.45, 7) is 3.06. The van der Waals surface area contributed by atoms with Gasteiger partial charge in [-0.25, -0.2) is 0 Å². The molecule has 8 heteroatoms. The third-order valence-electron chi connectivity index (χ3n) is 3.63. The predicted octanol–water partition coefficient (Wildman–Crippen LogP) is 2.40. The van der Waals surface area contributed by atoms with Crippen LogP contribution in [0.3, 0.4) is 0 Å². The van der Waals surface area contributed by atoms with Gasteiger partial charge in [0.2, 0.25) is 0 Å². The van der Waals surface area contributed by atoms with Crippen molar-refractivity contribution in [3.05, 3.63) is 59.1 Å². The molecule has 0 aromatic heterocycles. The van der Waals surface area contributed by atoms with E-state index in [-0.39, 0.29) is 19.1 Å². The van der Waals surface area contributed by atoms with E-state index in [0.29, 0.717) is 23.9 Å². The Morgan fingerprint density at radius 3 is 2.14 bits per heavy atom. The summed E-state index contributed by atoms with van der Waals surface area (Å²) in [5.74, 6) is 0.543. The summed E-state index contributed by atoms with van der Waals surface area (Å²) in [4.78, 5) is 25.5. The molecule has 150 valence electrons. The van der Waals surface area contributed by atoms with E-state index in [1.165, 1.54) is 0 Å². The van der Waals surface area contributed by atoms with Crippen LogP contribution in [0.2, 0.25) is 5.02 Å². The van der Waals surface area contributed by atoms with Crippen LogP contribution in [0.5, 0.6) is 11.5 Å². The minimum atomic E-state index is -0.461. The second kappa shape index (κ2) is 11.2. The summed E-state index contributed by atoms with van der Waals surface area (Å²) >= 11 is 5.78. The average Bonchev–Trinajstić information content (AvgIpc) is 2.67. The first-order valence-corrected chi connectivity index (χ1v) is 9.20. The van der Waals surface area contributed by atoms with Crippen molar-refractivity contribution >= 4 is 23.4 Å². The molecule has 0 saturated carbocycles. The summed E-state index contributed by atoms with van der Waals surface area (Å²) in [5.41, 5.74) is 5.75. The van der Waals surface area contributed by atoms with Gasteiger partial charge in [0.25, 0.3) is 11.8 Å². The molecule has 0 radical (unpaired) electrons. The summed E-state index contributed by atoms with van der Waals surface area (Å²) in [5, 5.41) is 0.582. The van der Waals surface area contributed by atoms with Crippen molar-refractivity contribution in [1.29, 1.82) is 0 Å². The molecule has 0 heterocycles. The lowest BCUT2D eigenvalue weighted by Crippen LogP contribution is -2.47. The summed E-state index contributed by atoms with van der Waals surface area (Å²) in [6.07, 6.45) is 0. The first-order valence-electron chi connectivity index (χ1n) is 8.82. The van der Waals surface area contributed by atoms with Crippen molar-refractivity contribution in [2.75, 3.05) is 26.8 Å². The molecule has 0 bridgehead atoms.